The van der Waals surface area contributed by atoms with Crippen LogP contribution in [0.25, 0.3) is 0 Å². The zero-order chi connectivity index (χ0) is 20.1. The molecule has 0 bridgehead atoms. The number of likely N-dealkylation sites (N-methyl/N-ethyl adjacent to an activating group) is 2. The number of nitrogens with zero attached hydrogens (tertiary/aromatic N) is 3. The molecule has 0 unspecified atom stereocenters. The minimum Gasteiger partial charge on any atom is -0.492 e. The Labute approximate surface area is 164 Å². The summed E-state index contributed by atoms with van der Waals surface area (Å²) >= 11 is 0. The van der Waals surface area contributed by atoms with Crippen molar-refractivity contribution in [3.8, 4) is 11.5 Å². The lowest BCUT2D eigenvalue weighted by molar-refractivity contribution is -0.384. The standard InChI is InChI=1S/C10H12N2O3.C10H14N2O/c1-11-4-5-15-10-3-2-9(12(13)14)6-8(10)7-11;1-12-4-5-13-10-3-2-9(11)6-8(10)7-12/h2-3,6H,4-5,7H2,1H3;2-3,6H,4-5,7,11H2,1H3. The Hall–Kier alpha value is -2.84. The highest BCUT2D eigenvalue weighted by atomic mass is 16.6. The monoisotopic (exact) mass is 386 g/mol. The van der Waals surface area contributed by atoms with Crippen LogP contribution in [0.1, 0.15) is 11.1 Å². The molecule has 8 nitrogen and oxygen atoms in total. The molecule has 2 N–H and O–H groups in total. The van der Waals surface area contributed by atoms with E-state index in [2.05, 4.69) is 16.8 Å². The number of ether oxygens (including phenoxy) is 2. The van der Waals surface area contributed by atoms with Gasteiger partial charge in [0.2, 0.25) is 0 Å². The van der Waals surface area contributed by atoms with Gasteiger partial charge in [0.1, 0.15) is 24.7 Å². The fraction of sp³-hybridized carbons (Fsp3) is 0.400. The van der Waals surface area contributed by atoms with Crippen molar-refractivity contribution < 1.29 is 14.4 Å². The average molecular weight is 386 g/mol. The number of nitro groups is 1. The summed E-state index contributed by atoms with van der Waals surface area (Å²) in [5.41, 5.74) is 8.69. The molecule has 4 rings (SSSR count). The molecule has 28 heavy (non-hydrogen) atoms. The van der Waals surface area contributed by atoms with Gasteiger partial charge in [0.25, 0.3) is 5.69 Å². The molecule has 0 fully saturated rings. The van der Waals surface area contributed by atoms with E-state index in [4.69, 9.17) is 15.2 Å². The van der Waals surface area contributed by atoms with E-state index >= 15 is 0 Å². The van der Waals surface area contributed by atoms with Crippen LogP contribution in [0, 0.1) is 10.1 Å². The van der Waals surface area contributed by atoms with Crippen LogP contribution < -0.4 is 15.2 Å². The SMILES string of the molecule is CN1CCOc2ccc(N)cc2C1.CN1CCOc2ccc([N+](=O)[O-])cc2C1. The van der Waals surface area contributed by atoms with E-state index in [0.717, 1.165) is 49.0 Å². The molecular formula is C20H26N4O4. The molecule has 0 spiro atoms. The first kappa shape index (κ1) is 19.9. The summed E-state index contributed by atoms with van der Waals surface area (Å²) in [4.78, 5) is 14.5. The predicted molar refractivity (Wildman–Crippen MR) is 108 cm³/mol. The van der Waals surface area contributed by atoms with Crippen LogP contribution in [0.15, 0.2) is 36.4 Å². The van der Waals surface area contributed by atoms with Crippen molar-refractivity contribution in [3.63, 3.8) is 0 Å². The number of nitrogens with two attached hydrogens (primary N) is 1. The number of nitrogen functional groups attached to an aromatic ring is 1. The number of non-ortho nitro benzene ring substituents is 1. The lowest BCUT2D eigenvalue weighted by Gasteiger charge is -2.11. The second kappa shape index (κ2) is 8.90. The zero-order valence-corrected chi connectivity index (χ0v) is 16.3. The van der Waals surface area contributed by atoms with Gasteiger partial charge in [-0.1, -0.05) is 0 Å². The highest BCUT2D eigenvalue weighted by molar-refractivity contribution is 5.48. The number of hydrogen-bond acceptors (Lipinski definition) is 7. The molecule has 2 aromatic carbocycles. The molecule has 0 amide bonds. The van der Waals surface area contributed by atoms with Gasteiger partial charge in [-0.05, 0) is 38.4 Å². The van der Waals surface area contributed by atoms with E-state index in [9.17, 15) is 10.1 Å². The summed E-state index contributed by atoms with van der Waals surface area (Å²) in [6, 6.07) is 10.5. The Morgan fingerprint density at radius 2 is 1.46 bits per heavy atom. The number of rotatable bonds is 1. The second-order valence-corrected chi connectivity index (χ2v) is 7.09. The minimum absolute atomic E-state index is 0.118. The molecule has 0 radical (unpaired) electrons. The van der Waals surface area contributed by atoms with Crippen LogP contribution in [0.2, 0.25) is 0 Å². The number of fused-ring (bicyclic) bond motifs is 2. The van der Waals surface area contributed by atoms with Gasteiger partial charge in [0.15, 0.2) is 0 Å². The predicted octanol–water partition coefficient (Wildman–Crippen LogP) is 2.51. The second-order valence-electron chi connectivity index (χ2n) is 7.09. The third-order valence-electron chi connectivity index (χ3n) is 4.68. The Bertz CT molecular complexity index is 843. The van der Waals surface area contributed by atoms with Crippen LogP contribution in [-0.2, 0) is 13.1 Å². The maximum atomic E-state index is 10.6. The van der Waals surface area contributed by atoms with Crippen LogP contribution >= 0.6 is 0 Å². The van der Waals surface area contributed by atoms with E-state index < -0.39 is 0 Å². The normalized spacial score (nSPS) is 16.8. The minimum atomic E-state index is -0.384. The molecule has 0 aromatic heterocycles. The van der Waals surface area contributed by atoms with Gasteiger partial charge in [0.05, 0.1) is 4.92 Å². The fourth-order valence-corrected chi connectivity index (χ4v) is 3.17. The summed E-state index contributed by atoms with van der Waals surface area (Å²) in [5, 5.41) is 10.6. The van der Waals surface area contributed by atoms with Gasteiger partial charge < -0.3 is 15.2 Å². The Kier molecular flexibility index (Phi) is 6.33. The van der Waals surface area contributed by atoms with Gasteiger partial charge >= 0.3 is 0 Å². The Morgan fingerprint density at radius 1 is 0.929 bits per heavy atom. The first-order valence-corrected chi connectivity index (χ1v) is 9.21. The molecule has 0 saturated heterocycles. The maximum absolute atomic E-state index is 10.6. The van der Waals surface area contributed by atoms with Crippen molar-refractivity contribution in [3.05, 3.63) is 57.6 Å². The molecule has 2 aromatic rings. The highest BCUT2D eigenvalue weighted by Crippen LogP contribution is 2.27. The van der Waals surface area contributed by atoms with Gasteiger partial charge in [-0.3, -0.25) is 19.9 Å². The molecule has 2 heterocycles. The molecule has 2 aliphatic heterocycles. The van der Waals surface area contributed by atoms with Gasteiger partial charge in [-0.25, -0.2) is 0 Å². The van der Waals surface area contributed by atoms with Crippen molar-refractivity contribution >= 4 is 11.4 Å². The first-order chi connectivity index (χ1) is 13.4. The topological polar surface area (TPSA) is 94.1 Å². The number of anilines is 1. The van der Waals surface area contributed by atoms with Crippen molar-refractivity contribution in [2.45, 2.75) is 13.1 Å². The van der Waals surface area contributed by atoms with Gasteiger partial charge in [-0.15, -0.1) is 0 Å². The largest absolute Gasteiger partial charge is 0.492 e. The van der Waals surface area contributed by atoms with Crippen LogP contribution in [0.5, 0.6) is 11.5 Å². The number of hydrogen-bond donors (Lipinski definition) is 1. The molecule has 8 heteroatoms. The molecular weight excluding hydrogens is 360 g/mol. The Morgan fingerprint density at radius 3 is 2.04 bits per heavy atom. The van der Waals surface area contributed by atoms with E-state index in [1.54, 1.807) is 12.1 Å². The summed E-state index contributed by atoms with van der Waals surface area (Å²) in [5.74, 6) is 1.73. The third-order valence-corrected chi connectivity index (χ3v) is 4.68. The molecule has 150 valence electrons. The first-order valence-electron chi connectivity index (χ1n) is 9.21. The van der Waals surface area contributed by atoms with Crippen molar-refractivity contribution in [2.75, 3.05) is 46.1 Å². The highest BCUT2D eigenvalue weighted by Gasteiger charge is 2.16. The molecule has 0 atom stereocenters. The van der Waals surface area contributed by atoms with Gasteiger partial charge in [0, 0.05) is 55.1 Å². The van der Waals surface area contributed by atoms with E-state index in [1.165, 1.54) is 11.6 Å². The lowest BCUT2D eigenvalue weighted by atomic mass is 10.1. The molecule has 0 aliphatic carbocycles. The van der Waals surface area contributed by atoms with Crippen molar-refractivity contribution in [1.82, 2.24) is 9.80 Å². The van der Waals surface area contributed by atoms with Crippen LogP contribution in [0.3, 0.4) is 0 Å². The third kappa shape index (κ3) is 5.11. The summed E-state index contributed by atoms with van der Waals surface area (Å²) in [6.07, 6.45) is 0. The van der Waals surface area contributed by atoms with Gasteiger partial charge in [-0.2, -0.15) is 0 Å². The smallest absolute Gasteiger partial charge is 0.270 e. The lowest BCUT2D eigenvalue weighted by Crippen LogP contribution is -2.20. The number of benzene rings is 2. The molecule has 0 saturated carbocycles. The molecule has 2 aliphatic rings. The zero-order valence-electron chi connectivity index (χ0n) is 16.3. The van der Waals surface area contributed by atoms with E-state index in [1.807, 2.05) is 25.2 Å². The fourth-order valence-electron chi connectivity index (χ4n) is 3.17. The Balaban J connectivity index is 0.000000162. The van der Waals surface area contributed by atoms with E-state index in [0.29, 0.717) is 13.2 Å². The van der Waals surface area contributed by atoms with Crippen molar-refractivity contribution in [1.29, 1.82) is 0 Å². The van der Waals surface area contributed by atoms with Crippen molar-refractivity contribution in [2.24, 2.45) is 0 Å². The van der Waals surface area contributed by atoms with E-state index in [-0.39, 0.29) is 10.6 Å². The van der Waals surface area contributed by atoms with Crippen LogP contribution in [-0.4, -0.2) is 55.1 Å². The number of nitro benzene ring substituents is 1. The maximum Gasteiger partial charge on any atom is 0.270 e. The quantitative estimate of drug-likeness (QED) is 0.457. The summed E-state index contributed by atoms with van der Waals surface area (Å²) in [7, 11) is 4.05. The average Bonchev–Trinajstić information content (AvgIpc) is 2.94. The summed E-state index contributed by atoms with van der Waals surface area (Å²) in [6.45, 7) is 4.79. The summed E-state index contributed by atoms with van der Waals surface area (Å²) < 4.78 is 11.1. The van der Waals surface area contributed by atoms with Crippen LogP contribution in [0.4, 0.5) is 11.4 Å².